The van der Waals surface area contributed by atoms with Crippen LogP contribution in [0.15, 0.2) is 24.3 Å². The van der Waals surface area contributed by atoms with E-state index in [1.165, 1.54) is 6.42 Å². The molecule has 1 aliphatic carbocycles. The van der Waals surface area contributed by atoms with Gasteiger partial charge in [-0.1, -0.05) is 30.7 Å². The zero-order valence-corrected chi connectivity index (χ0v) is 14.2. The fourth-order valence-electron chi connectivity index (χ4n) is 2.86. The summed E-state index contributed by atoms with van der Waals surface area (Å²) in [7, 11) is 0.787. The second-order valence-electron chi connectivity index (χ2n) is 5.29. The molecule has 0 bridgehead atoms. The van der Waals surface area contributed by atoms with Crippen molar-refractivity contribution < 1.29 is 24.3 Å². The molecule has 2 atom stereocenters. The van der Waals surface area contributed by atoms with Gasteiger partial charge in [0.2, 0.25) is 0 Å². The molecule has 1 heterocycles. The smallest absolute Gasteiger partial charge is 0.0906 e. The summed E-state index contributed by atoms with van der Waals surface area (Å²) >= 11 is 0. The molecule has 3 nitrogen and oxygen atoms in total. The van der Waals surface area contributed by atoms with Crippen molar-refractivity contribution in [3.63, 3.8) is 0 Å². The quantitative estimate of drug-likeness (QED) is 0.437. The summed E-state index contributed by atoms with van der Waals surface area (Å²) in [5.41, 5.74) is 6.20. The number of hydrogen-bond acceptors (Lipinski definition) is 2. The van der Waals surface area contributed by atoms with Crippen molar-refractivity contribution in [2.24, 2.45) is 17.6 Å². The molecular weight excluding hydrogens is 358 g/mol. The molecule has 2 aliphatic rings. The molecule has 2 rings (SSSR count). The van der Waals surface area contributed by atoms with E-state index in [-0.39, 0.29) is 25.4 Å². The standard InChI is InChI=1S/C15H22N2OP.Rh/c1-19-14(15(16)18)13-8-10-17(11-13)9-7-12-5-3-2-4-6-12;/h2-5,12-13H,1,6-11H2,(H2,16,18);/q-1;. The van der Waals surface area contributed by atoms with Crippen LogP contribution in [0, 0.1) is 17.5 Å². The average molecular weight is 380 g/mol. The Balaban J connectivity index is 0.00000200. The maximum Gasteiger partial charge on any atom is 0.0906 e. The number of nitrogens with zero attached hydrogens (tertiary/aromatic N) is 1. The Morgan fingerprint density at radius 2 is 2.30 bits per heavy atom. The fraction of sp³-hybridized carbons (Fsp3) is 0.533. The van der Waals surface area contributed by atoms with Gasteiger partial charge in [-0.3, -0.25) is 8.20 Å². The van der Waals surface area contributed by atoms with Gasteiger partial charge in [0, 0.05) is 19.5 Å². The summed E-state index contributed by atoms with van der Waals surface area (Å²) in [6.07, 6.45) is 16.0. The van der Waals surface area contributed by atoms with Crippen molar-refractivity contribution in [1.29, 1.82) is 0 Å². The Bertz CT molecular complexity index is 397. The summed E-state index contributed by atoms with van der Waals surface area (Å²) in [5, 5.41) is 0. The molecule has 0 aromatic heterocycles. The number of carbonyl (C=O) groups is 1. The second-order valence-corrected chi connectivity index (χ2v) is 6.09. The molecule has 0 spiro atoms. The minimum absolute atomic E-state index is 0. The van der Waals surface area contributed by atoms with Crippen LogP contribution in [0.1, 0.15) is 19.3 Å². The molecule has 113 valence electrons. The molecule has 0 saturated carbocycles. The first kappa shape index (κ1) is 17.6. The number of rotatable bonds is 6. The van der Waals surface area contributed by atoms with Gasteiger partial charge in [-0.25, -0.2) is 5.66 Å². The topological polar surface area (TPSA) is 46.3 Å². The van der Waals surface area contributed by atoms with Crippen LogP contribution < -0.4 is 5.73 Å². The summed E-state index contributed by atoms with van der Waals surface area (Å²) in [4.78, 5) is 13.8. The zero-order valence-electron chi connectivity index (χ0n) is 11.6. The maximum absolute atomic E-state index is 11.3. The monoisotopic (exact) mass is 380 g/mol. The van der Waals surface area contributed by atoms with Crippen molar-refractivity contribution in [1.82, 2.24) is 4.90 Å². The fourth-order valence-corrected chi connectivity index (χ4v) is 3.49. The first-order valence-electron chi connectivity index (χ1n) is 6.89. The third-order valence-electron chi connectivity index (χ3n) is 3.97. The summed E-state index contributed by atoms with van der Waals surface area (Å²) in [6, 6.07) is 0. The van der Waals surface area contributed by atoms with Crippen LogP contribution >= 0.6 is 8.20 Å². The summed E-state index contributed by atoms with van der Waals surface area (Å²) < 4.78 is 0. The molecule has 2 unspecified atom stereocenters. The van der Waals surface area contributed by atoms with E-state index in [1.54, 1.807) is 0 Å². The summed E-state index contributed by atoms with van der Waals surface area (Å²) in [6.45, 7) is 3.15. The van der Waals surface area contributed by atoms with Crippen LogP contribution in [0.25, 0.3) is 0 Å². The predicted octanol–water partition coefficient (Wildman–Crippen LogP) is 2.22. The molecule has 5 heteroatoms. The number of primary amides is 1. The van der Waals surface area contributed by atoms with Crippen LogP contribution in [0.3, 0.4) is 0 Å². The van der Waals surface area contributed by atoms with E-state index in [0.717, 1.165) is 46.3 Å². The maximum atomic E-state index is 11.3. The van der Waals surface area contributed by atoms with E-state index in [0.29, 0.717) is 11.8 Å². The van der Waals surface area contributed by atoms with Gasteiger partial charge in [0.05, 0.1) is 5.91 Å². The number of nitrogens with two attached hydrogens (primary N) is 1. The first-order valence-corrected chi connectivity index (χ1v) is 7.97. The molecule has 1 aliphatic heterocycles. The summed E-state index contributed by atoms with van der Waals surface area (Å²) in [5.74, 6) is 0.719. The van der Waals surface area contributed by atoms with Crippen molar-refractivity contribution in [2.45, 2.75) is 19.3 Å². The zero-order chi connectivity index (χ0) is 13.7. The number of carbonyl (C=O) groups excluding carboxylic acids is 1. The van der Waals surface area contributed by atoms with E-state index in [4.69, 9.17) is 5.73 Å². The molecule has 0 aromatic carbocycles. The Morgan fingerprint density at radius 1 is 1.50 bits per heavy atom. The molecule has 1 amide bonds. The van der Waals surface area contributed by atoms with E-state index < -0.39 is 0 Å². The Labute approximate surface area is 136 Å². The van der Waals surface area contributed by atoms with Crippen LogP contribution in [0.2, 0.25) is 0 Å². The van der Waals surface area contributed by atoms with E-state index in [2.05, 4.69) is 35.5 Å². The van der Waals surface area contributed by atoms with Gasteiger partial charge in [0.25, 0.3) is 0 Å². The van der Waals surface area contributed by atoms with Crippen LogP contribution in [0.4, 0.5) is 0 Å². The van der Waals surface area contributed by atoms with Gasteiger partial charge in [0.15, 0.2) is 0 Å². The van der Waals surface area contributed by atoms with Gasteiger partial charge in [-0.2, -0.15) is 0 Å². The minimum Gasteiger partial charge on any atom is -0.394 e. The van der Waals surface area contributed by atoms with Crippen molar-refractivity contribution in [2.75, 3.05) is 19.6 Å². The van der Waals surface area contributed by atoms with Crippen LogP contribution in [0.5, 0.6) is 0 Å². The third kappa shape index (κ3) is 4.84. The van der Waals surface area contributed by atoms with E-state index >= 15 is 0 Å². The van der Waals surface area contributed by atoms with Gasteiger partial charge in [-0.15, -0.1) is 12.2 Å². The SMILES string of the molecule is C=P[C-](C(N)=O)C1CCN(CCC2C=CC=CC2)C1.[Rh]. The van der Waals surface area contributed by atoms with Gasteiger partial charge >= 0.3 is 0 Å². The normalized spacial score (nSPS) is 25.6. The Morgan fingerprint density at radius 3 is 2.90 bits per heavy atom. The number of allylic oxidation sites excluding steroid dienone is 4. The molecule has 1 fully saturated rings. The number of amides is 1. The van der Waals surface area contributed by atoms with Crippen LogP contribution in [-0.2, 0) is 24.3 Å². The minimum atomic E-state index is -0.274. The van der Waals surface area contributed by atoms with Crippen molar-refractivity contribution in [3.8, 4) is 0 Å². The molecule has 0 aromatic rings. The van der Waals surface area contributed by atoms with E-state index in [9.17, 15) is 4.79 Å². The van der Waals surface area contributed by atoms with E-state index in [1.807, 2.05) is 0 Å². The molecular formula is C15H22N2OPRh-. The molecule has 1 radical (unpaired) electrons. The number of likely N-dealkylation sites (tertiary alicyclic amines) is 1. The van der Waals surface area contributed by atoms with Gasteiger partial charge in [-0.05, 0) is 38.4 Å². The third-order valence-corrected chi connectivity index (χ3v) is 4.89. The molecule has 2 N–H and O–H groups in total. The Kier molecular flexibility index (Phi) is 7.73. The number of hydrogen-bond donors (Lipinski definition) is 1. The van der Waals surface area contributed by atoms with Crippen molar-refractivity contribution in [3.05, 3.63) is 30.0 Å². The predicted molar refractivity (Wildman–Crippen MR) is 82.0 cm³/mol. The van der Waals surface area contributed by atoms with Crippen LogP contribution in [-0.4, -0.2) is 36.7 Å². The Hall–Kier alpha value is -0.427. The molecule has 1 saturated heterocycles. The first-order chi connectivity index (χ1) is 9.20. The van der Waals surface area contributed by atoms with Gasteiger partial charge in [0.1, 0.15) is 0 Å². The van der Waals surface area contributed by atoms with Gasteiger partial charge < -0.3 is 15.4 Å². The largest absolute Gasteiger partial charge is 0.394 e. The second kappa shape index (κ2) is 8.77. The van der Waals surface area contributed by atoms with Crippen molar-refractivity contribution >= 4 is 20.4 Å². The molecule has 20 heavy (non-hydrogen) atoms. The average Bonchev–Trinajstić information content (AvgIpc) is 2.87.